The Morgan fingerprint density at radius 1 is 1.27 bits per heavy atom. The molecule has 168 valence electrons. The van der Waals surface area contributed by atoms with Crippen LogP contribution in [0.2, 0.25) is 0 Å². The number of carbonyl (C=O) groups is 1. The van der Waals surface area contributed by atoms with Crippen molar-refractivity contribution >= 4 is 23.4 Å². The van der Waals surface area contributed by atoms with Crippen LogP contribution in [0, 0.1) is 0 Å². The highest BCUT2D eigenvalue weighted by Crippen LogP contribution is 2.38. The summed E-state index contributed by atoms with van der Waals surface area (Å²) in [6.07, 6.45) is 1.62. The van der Waals surface area contributed by atoms with Gasteiger partial charge in [0.25, 0.3) is 5.56 Å². The quantitative estimate of drug-likeness (QED) is 0.595. The van der Waals surface area contributed by atoms with E-state index in [0.29, 0.717) is 37.7 Å². The first kappa shape index (κ1) is 21.0. The zero-order valence-electron chi connectivity index (χ0n) is 17.9. The number of ether oxygens (including phenoxy) is 3. The third kappa shape index (κ3) is 3.60. The molecule has 3 aromatic rings. The monoisotopic (exact) mass is 464 g/mol. The van der Waals surface area contributed by atoms with E-state index < -0.39 is 12.0 Å². The van der Waals surface area contributed by atoms with Crippen molar-refractivity contribution in [1.29, 1.82) is 0 Å². The van der Waals surface area contributed by atoms with Crippen LogP contribution in [0.5, 0.6) is 17.2 Å². The van der Waals surface area contributed by atoms with Gasteiger partial charge >= 0.3 is 5.97 Å². The van der Waals surface area contributed by atoms with Gasteiger partial charge in [0.1, 0.15) is 5.75 Å². The summed E-state index contributed by atoms with van der Waals surface area (Å²) in [7, 11) is 0. The molecule has 1 aromatic heterocycles. The summed E-state index contributed by atoms with van der Waals surface area (Å²) in [5.41, 5.74) is 1.64. The Bertz CT molecular complexity index is 1480. The van der Waals surface area contributed by atoms with Crippen LogP contribution in [-0.2, 0) is 9.53 Å². The van der Waals surface area contributed by atoms with Gasteiger partial charge in [-0.1, -0.05) is 35.6 Å². The molecule has 0 fully saturated rings. The number of benzene rings is 2. The third-order valence-electron chi connectivity index (χ3n) is 5.45. The molecule has 33 heavy (non-hydrogen) atoms. The normalized spacial score (nSPS) is 17.0. The number of phenolic OH excluding ortho intramolecular Hbond substituents is 1. The maximum Gasteiger partial charge on any atom is 0.338 e. The molecule has 0 bridgehead atoms. The Hall–Kier alpha value is -3.85. The van der Waals surface area contributed by atoms with E-state index in [1.54, 1.807) is 62.4 Å². The van der Waals surface area contributed by atoms with Crippen molar-refractivity contribution in [1.82, 2.24) is 4.57 Å². The van der Waals surface area contributed by atoms with Gasteiger partial charge in [0, 0.05) is 5.56 Å². The van der Waals surface area contributed by atoms with Gasteiger partial charge in [0.05, 0.1) is 28.5 Å². The average Bonchev–Trinajstić information content (AvgIpc) is 3.38. The summed E-state index contributed by atoms with van der Waals surface area (Å²) in [6.45, 7) is 3.76. The van der Waals surface area contributed by atoms with E-state index in [0.717, 1.165) is 0 Å². The summed E-state index contributed by atoms with van der Waals surface area (Å²) in [5, 5.41) is 10.1. The smallest absolute Gasteiger partial charge is 0.338 e. The molecule has 1 atom stereocenters. The van der Waals surface area contributed by atoms with Gasteiger partial charge in [-0.25, -0.2) is 9.79 Å². The van der Waals surface area contributed by atoms with Crippen LogP contribution >= 0.6 is 11.3 Å². The molecule has 0 saturated heterocycles. The minimum Gasteiger partial charge on any atom is -0.507 e. The lowest BCUT2D eigenvalue weighted by Gasteiger charge is -2.24. The molecule has 0 aliphatic carbocycles. The molecule has 1 unspecified atom stereocenters. The molecule has 0 amide bonds. The Morgan fingerprint density at radius 3 is 2.85 bits per heavy atom. The summed E-state index contributed by atoms with van der Waals surface area (Å²) in [4.78, 5) is 31.5. The predicted molar refractivity (Wildman–Crippen MR) is 121 cm³/mol. The number of para-hydroxylation sites is 1. The number of thiazole rings is 1. The van der Waals surface area contributed by atoms with Crippen LogP contribution in [0.25, 0.3) is 6.08 Å². The third-order valence-corrected chi connectivity index (χ3v) is 6.44. The summed E-state index contributed by atoms with van der Waals surface area (Å²) in [5.74, 6) is 0.682. The van der Waals surface area contributed by atoms with Crippen LogP contribution in [0.3, 0.4) is 0 Å². The average molecular weight is 464 g/mol. The van der Waals surface area contributed by atoms with E-state index in [1.165, 1.54) is 15.9 Å². The molecule has 1 N–H and O–H groups in total. The molecule has 2 aliphatic heterocycles. The molecule has 8 nitrogen and oxygen atoms in total. The number of rotatable bonds is 4. The lowest BCUT2D eigenvalue weighted by molar-refractivity contribution is -0.139. The fraction of sp³-hybridized carbons (Fsp3) is 0.208. The number of hydrogen-bond acceptors (Lipinski definition) is 8. The highest BCUT2D eigenvalue weighted by atomic mass is 32.1. The fourth-order valence-electron chi connectivity index (χ4n) is 3.94. The summed E-state index contributed by atoms with van der Waals surface area (Å²) >= 11 is 1.20. The van der Waals surface area contributed by atoms with Crippen molar-refractivity contribution in [3.8, 4) is 17.2 Å². The van der Waals surface area contributed by atoms with Crippen molar-refractivity contribution < 1.29 is 24.1 Å². The lowest BCUT2D eigenvalue weighted by Crippen LogP contribution is -2.39. The van der Waals surface area contributed by atoms with Crippen molar-refractivity contribution in [2.24, 2.45) is 4.99 Å². The van der Waals surface area contributed by atoms with Crippen molar-refractivity contribution in [2.75, 3.05) is 13.4 Å². The maximum absolute atomic E-state index is 13.5. The molecule has 0 spiro atoms. The second kappa shape index (κ2) is 8.25. The summed E-state index contributed by atoms with van der Waals surface area (Å²) < 4.78 is 18.1. The molecule has 0 saturated carbocycles. The van der Waals surface area contributed by atoms with Gasteiger partial charge in [-0.05, 0) is 43.7 Å². The van der Waals surface area contributed by atoms with Gasteiger partial charge in [0.2, 0.25) is 6.79 Å². The second-order valence-electron chi connectivity index (χ2n) is 7.47. The number of aromatic hydroxyl groups is 1. The number of phenols is 1. The molecule has 0 radical (unpaired) electrons. The van der Waals surface area contributed by atoms with Crippen LogP contribution in [0.15, 0.2) is 63.5 Å². The first-order chi connectivity index (χ1) is 16.0. The summed E-state index contributed by atoms with van der Waals surface area (Å²) in [6, 6.07) is 11.3. The highest BCUT2D eigenvalue weighted by Gasteiger charge is 2.34. The molecule has 3 heterocycles. The number of fused-ring (bicyclic) bond motifs is 2. The van der Waals surface area contributed by atoms with E-state index in [2.05, 4.69) is 4.99 Å². The Kier molecular flexibility index (Phi) is 5.26. The minimum atomic E-state index is -0.749. The van der Waals surface area contributed by atoms with Gasteiger partial charge in [-0.2, -0.15) is 0 Å². The van der Waals surface area contributed by atoms with Crippen molar-refractivity contribution in [3.63, 3.8) is 0 Å². The molecular formula is C24H20N2O6S. The zero-order valence-corrected chi connectivity index (χ0v) is 18.7. The Labute approximate surface area is 192 Å². The minimum absolute atomic E-state index is 0.0686. The van der Waals surface area contributed by atoms with Crippen LogP contribution in [-0.4, -0.2) is 29.0 Å². The number of aromatic nitrogens is 1. The first-order valence-corrected chi connectivity index (χ1v) is 11.2. The number of nitrogens with zero attached hydrogens (tertiary/aromatic N) is 2. The largest absolute Gasteiger partial charge is 0.507 e. The molecule has 5 rings (SSSR count). The Morgan fingerprint density at radius 2 is 2.06 bits per heavy atom. The lowest BCUT2D eigenvalue weighted by atomic mass is 9.95. The second-order valence-corrected chi connectivity index (χ2v) is 8.48. The molecule has 2 aliphatic rings. The van der Waals surface area contributed by atoms with Crippen molar-refractivity contribution in [3.05, 3.63) is 84.5 Å². The van der Waals surface area contributed by atoms with E-state index in [1.807, 2.05) is 0 Å². The first-order valence-electron chi connectivity index (χ1n) is 10.3. The Balaban J connectivity index is 1.74. The van der Waals surface area contributed by atoms with Crippen LogP contribution in [0.4, 0.5) is 0 Å². The van der Waals surface area contributed by atoms with E-state index in [-0.39, 0.29) is 30.3 Å². The standard InChI is InChI=1S/C24H20N2O6S/c1-3-30-23(29)20-13(2)25-24-26(21(20)15-8-9-17-18(10-15)32-12-31-17)22(28)19(33-24)11-14-6-4-5-7-16(14)27/h4-11,21,27H,3,12H2,1-2H3/b19-11-. The van der Waals surface area contributed by atoms with E-state index >= 15 is 0 Å². The van der Waals surface area contributed by atoms with E-state index in [9.17, 15) is 14.7 Å². The maximum atomic E-state index is 13.5. The number of hydrogen-bond donors (Lipinski definition) is 1. The van der Waals surface area contributed by atoms with Gasteiger partial charge in [-0.3, -0.25) is 9.36 Å². The number of allylic oxidation sites excluding steroid dienone is 1. The fourth-order valence-corrected chi connectivity index (χ4v) is 4.98. The molecular weight excluding hydrogens is 444 g/mol. The molecule has 9 heteroatoms. The predicted octanol–water partition coefficient (Wildman–Crippen LogP) is 2.23. The van der Waals surface area contributed by atoms with Gasteiger partial charge < -0.3 is 19.3 Å². The highest BCUT2D eigenvalue weighted by molar-refractivity contribution is 7.07. The van der Waals surface area contributed by atoms with Gasteiger partial charge in [-0.15, -0.1) is 0 Å². The SMILES string of the molecule is CCOC(=O)C1=C(C)N=c2s/c(=C\c3ccccc3O)c(=O)n2C1c1ccc2c(c1)OCO2. The van der Waals surface area contributed by atoms with Gasteiger partial charge in [0.15, 0.2) is 16.3 Å². The van der Waals surface area contributed by atoms with Crippen LogP contribution < -0.4 is 24.4 Å². The topological polar surface area (TPSA) is 99.4 Å². The zero-order chi connectivity index (χ0) is 23.1. The van der Waals surface area contributed by atoms with E-state index in [4.69, 9.17) is 14.2 Å². The number of esters is 1. The molecule has 2 aromatic carbocycles. The van der Waals surface area contributed by atoms with Crippen LogP contribution in [0.1, 0.15) is 31.0 Å². The number of carbonyl (C=O) groups excluding carboxylic acids is 1. The van der Waals surface area contributed by atoms with Crippen molar-refractivity contribution in [2.45, 2.75) is 19.9 Å².